The zero-order chi connectivity index (χ0) is 17.1. The lowest BCUT2D eigenvalue weighted by Gasteiger charge is -2.24. The molecular formula is C18H19FN2O3. The van der Waals surface area contributed by atoms with Crippen molar-refractivity contribution in [3.8, 4) is 11.5 Å². The molecule has 2 aromatic carbocycles. The van der Waals surface area contributed by atoms with Crippen molar-refractivity contribution in [1.82, 2.24) is 4.90 Å². The largest absolute Gasteiger partial charge is 0.454 e. The molecule has 1 aliphatic rings. The van der Waals surface area contributed by atoms with Crippen LogP contribution in [0, 0.1) is 5.82 Å². The number of fused-ring (bicyclic) bond motifs is 1. The van der Waals surface area contributed by atoms with Gasteiger partial charge in [-0.25, -0.2) is 4.39 Å². The predicted molar refractivity (Wildman–Crippen MR) is 88.5 cm³/mol. The van der Waals surface area contributed by atoms with E-state index in [1.807, 2.05) is 30.1 Å². The number of nitrogens with one attached hydrogen (secondary N) is 1. The number of hydrogen-bond acceptors (Lipinski definition) is 4. The van der Waals surface area contributed by atoms with Crippen molar-refractivity contribution in [3.05, 3.63) is 53.8 Å². The maximum absolute atomic E-state index is 13.6. The van der Waals surface area contributed by atoms with Crippen molar-refractivity contribution in [3.63, 3.8) is 0 Å². The van der Waals surface area contributed by atoms with Gasteiger partial charge in [-0.2, -0.15) is 0 Å². The maximum atomic E-state index is 13.6. The number of likely N-dealkylation sites (N-methyl/N-ethyl adjacent to an activating group) is 1. The molecule has 2 aromatic rings. The molecule has 24 heavy (non-hydrogen) atoms. The number of para-hydroxylation sites is 1. The first-order valence-corrected chi connectivity index (χ1v) is 7.69. The minimum Gasteiger partial charge on any atom is -0.454 e. The van der Waals surface area contributed by atoms with Gasteiger partial charge in [-0.1, -0.05) is 18.2 Å². The Morgan fingerprint density at radius 3 is 2.79 bits per heavy atom. The van der Waals surface area contributed by atoms with Crippen LogP contribution in [0.5, 0.6) is 11.5 Å². The van der Waals surface area contributed by atoms with E-state index in [4.69, 9.17) is 9.47 Å². The lowest BCUT2D eigenvalue weighted by Crippen LogP contribution is -2.39. The first-order chi connectivity index (χ1) is 11.5. The van der Waals surface area contributed by atoms with Crippen molar-refractivity contribution in [1.29, 1.82) is 0 Å². The summed E-state index contributed by atoms with van der Waals surface area (Å²) >= 11 is 0. The second-order valence-electron chi connectivity index (χ2n) is 5.75. The maximum Gasteiger partial charge on any atom is 0.241 e. The van der Waals surface area contributed by atoms with Crippen LogP contribution < -0.4 is 14.8 Å². The Hall–Kier alpha value is -2.60. The third-order valence-corrected chi connectivity index (χ3v) is 4.04. The normalized spacial score (nSPS) is 13.8. The van der Waals surface area contributed by atoms with Crippen LogP contribution in [0.1, 0.15) is 12.5 Å². The number of rotatable bonds is 5. The Morgan fingerprint density at radius 1 is 1.25 bits per heavy atom. The van der Waals surface area contributed by atoms with E-state index < -0.39 is 11.9 Å². The highest BCUT2D eigenvalue weighted by Crippen LogP contribution is 2.32. The summed E-state index contributed by atoms with van der Waals surface area (Å²) < 4.78 is 24.3. The number of hydrogen-bond donors (Lipinski definition) is 1. The SMILES string of the molecule is C[C@H](C(=O)Nc1ccccc1F)N(C)Cc1ccc2c(c1)OCO2. The smallest absolute Gasteiger partial charge is 0.241 e. The molecule has 0 fully saturated rings. The molecule has 1 amide bonds. The Kier molecular flexibility index (Phi) is 4.66. The molecular weight excluding hydrogens is 311 g/mol. The monoisotopic (exact) mass is 330 g/mol. The number of carbonyl (C=O) groups is 1. The number of benzene rings is 2. The van der Waals surface area contributed by atoms with Gasteiger partial charge >= 0.3 is 0 Å². The van der Waals surface area contributed by atoms with E-state index in [1.165, 1.54) is 12.1 Å². The van der Waals surface area contributed by atoms with Crippen molar-refractivity contribution < 1.29 is 18.7 Å². The molecule has 0 saturated heterocycles. The van der Waals surface area contributed by atoms with Crippen molar-refractivity contribution >= 4 is 11.6 Å². The quantitative estimate of drug-likeness (QED) is 0.916. The van der Waals surface area contributed by atoms with E-state index in [0.29, 0.717) is 12.3 Å². The summed E-state index contributed by atoms with van der Waals surface area (Å²) in [6, 6.07) is 11.4. The molecule has 3 rings (SSSR count). The Morgan fingerprint density at radius 2 is 2.00 bits per heavy atom. The Balaban J connectivity index is 1.63. The van der Waals surface area contributed by atoms with Crippen molar-refractivity contribution in [2.24, 2.45) is 0 Å². The average Bonchev–Trinajstić information content (AvgIpc) is 3.03. The third-order valence-electron chi connectivity index (χ3n) is 4.04. The summed E-state index contributed by atoms with van der Waals surface area (Å²) in [6.07, 6.45) is 0. The van der Waals surface area contributed by atoms with Crippen LogP contribution in [0.4, 0.5) is 10.1 Å². The summed E-state index contributed by atoms with van der Waals surface area (Å²) in [5, 5.41) is 2.62. The lowest BCUT2D eigenvalue weighted by atomic mass is 10.1. The van der Waals surface area contributed by atoms with E-state index in [2.05, 4.69) is 5.32 Å². The summed E-state index contributed by atoms with van der Waals surface area (Å²) in [5.41, 5.74) is 1.19. The second-order valence-corrected chi connectivity index (χ2v) is 5.75. The van der Waals surface area contributed by atoms with Crippen LogP contribution in [0.3, 0.4) is 0 Å². The van der Waals surface area contributed by atoms with Gasteiger partial charge < -0.3 is 14.8 Å². The number of nitrogens with zero attached hydrogens (tertiary/aromatic N) is 1. The number of ether oxygens (including phenoxy) is 2. The van der Waals surface area contributed by atoms with Gasteiger partial charge in [0.2, 0.25) is 12.7 Å². The second kappa shape index (κ2) is 6.88. The zero-order valence-corrected chi connectivity index (χ0v) is 13.6. The molecule has 5 nitrogen and oxygen atoms in total. The van der Waals surface area contributed by atoms with Gasteiger partial charge in [0.1, 0.15) is 5.82 Å². The van der Waals surface area contributed by atoms with Crippen LogP contribution in [-0.2, 0) is 11.3 Å². The molecule has 1 heterocycles. The standard InChI is InChI=1S/C18H19FN2O3/c1-12(18(22)20-15-6-4-3-5-14(15)19)21(2)10-13-7-8-16-17(9-13)24-11-23-16/h3-9,12H,10-11H2,1-2H3,(H,20,22)/t12-/m1/s1. The third kappa shape index (κ3) is 3.49. The van der Waals surface area contributed by atoms with E-state index >= 15 is 0 Å². The highest BCUT2D eigenvalue weighted by atomic mass is 19.1. The van der Waals surface area contributed by atoms with Crippen molar-refractivity contribution in [2.75, 3.05) is 19.2 Å². The minimum atomic E-state index is -0.448. The fraction of sp³-hybridized carbons (Fsp3) is 0.278. The van der Waals surface area contributed by atoms with E-state index in [-0.39, 0.29) is 18.4 Å². The van der Waals surface area contributed by atoms with E-state index in [9.17, 15) is 9.18 Å². The molecule has 1 N–H and O–H groups in total. The molecule has 0 spiro atoms. The van der Waals surface area contributed by atoms with Gasteiger partial charge in [-0.3, -0.25) is 9.69 Å². The van der Waals surface area contributed by atoms with Crippen molar-refractivity contribution in [2.45, 2.75) is 19.5 Å². The van der Waals surface area contributed by atoms with E-state index in [1.54, 1.807) is 19.1 Å². The molecule has 0 saturated carbocycles. The molecule has 126 valence electrons. The molecule has 0 bridgehead atoms. The van der Waals surface area contributed by atoms with Gasteiger partial charge in [0.15, 0.2) is 11.5 Å². The number of carbonyl (C=O) groups excluding carboxylic acids is 1. The average molecular weight is 330 g/mol. The first kappa shape index (κ1) is 16.3. The molecule has 1 aliphatic heterocycles. The molecule has 0 unspecified atom stereocenters. The molecule has 6 heteroatoms. The van der Waals surface area contributed by atoms with E-state index in [0.717, 1.165) is 11.3 Å². The lowest BCUT2D eigenvalue weighted by molar-refractivity contribution is -0.120. The topological polar surface area (TPSA) is 50.8 Å². The summed E-state index contributed by atoms with van der Waals surface area (Å²) in [5.74, 6) is 0.732. The van der Waals surface area contributed by atoms with Gasteiger partial charge in [0.25, 0.3) is 0 Å². The van der Waals surface area contributed by atoms with Gasteiger partial charge in [0.05, 0.1) is 11.7 Å². The first-order valence-electron chi connectivity index (χ1n) is 7.69. The molecule has 0 aromatic heterocycles. The van der Waals surface area contributed by atoms with Gasteiger partial charge in [0, 0.05) is 6.54 Å². The highest BCUT2D eigenvalue weighted by molar-refractivity contribution is 5.94. The fourth-order valence-electron chi connectivity index (χ4n) is 2.46. The fourth-order valence-corrected chi connectivity index (χ4v) is 2.46. The van der Waals surface area contributed by atoms with Crippen LogP contribution in [0.2, 0.25) is 0 Å². The minimum absolute atomic E-state index is 0.186. The van der Waals surface area contributed by atoms with Crippen LogP contribution in [0.25, 0.3) is 0 Å². The van der Waals surface area contributed by atoms with Crippen LogP contribution in [-0.4, -0.2) is 30.7 Å². The Bertz CT molecular complexity index is 751. The summed E-state index contributed by atoms with van der Waals surface area (Å²) in [7, 11) is 1.84. The highest BCUT2D eigenvalue weighted by Gasteiger charge is 2.20. The van der Waals surface area contributed by atoms with Crippen LogP contribution in [0.15, 0.2) is 42.5 Å². The number of anilines is 1. The summed E-state index contributed by atoms with van der Waals surface area (Å²) in [4.78, 5) is 14.2. The van der Waals surface area contributed by atoms with Gasteiger partial charge in [-0.05, 0) is 43.8 Å². The number of amides is 1. The number of halogens is 1. The predicted octanol–water partition coefficient (Wildman–Crippen LogP) is 3.01. The zero-order valence-electron chi connectivity index (χ0n) is 13.6. The van der Waals surface area contributed by atoms with Crippen LogP contribution >= 0.6 is 0 Å². The molecule has 1 atom stereocenters. The molecule has 0 aliphatic carbocycles. The molecule has 0 radical (unpaired) electrons. The van der Waals surface area contributed by atoms with Gasteiger partial charge in [-0.15, -0.1) is 0 Å². The Labute approximate surface area is 140 Å². The summed E-state index contributed by atoms with van der Waals surface area (Å²) in [6.45, 7) is 2.57.